The van der Waals surface area contributed by atoms with Gasteiger partial charge in [0.1, 0.15) is 12.6 Å². The Morgan fingerprint density at radius 1 is 1.33 bits per heavy atom. The summed E-state index contributed by atoms with van der Waals surface area (Å²) in [6, 6.07) is -0.503. The summed E-state index contributed by atoms with van der Waals surface area (Å²) in [5.41, 5.74) is 0. The Balaban J connectivity index is 4.60. The van der Waals surface area contributed by atoms with Crippen molar-refractivity contribution >= 4 is 5.91 Å². The van der Waals surface area contributed by atoms with E-state index in [0.29, 0.717) is 0 Å². The van der Waals surface area contributed by atoms with Crippen LogP contribution in [0.5, 0.6) is 0 Å². The van der Waals surface area contributed by atoms with Crippen LogP contribution in [0.1, 0.15) is 20.8 Å². The maximum absolute atomic E-state index is 12.2. The Morgan fingerprint density at radius 2 is 1.80 bits per heavy atom. The average molecular weight is 227 g/mol. The van der Waals surface area contributed by atoms with Crippen molar-refractivity contribution in [1.29, 1.82) is 0 Å². The number of halogens is 3. The van der Waals surface area contributed by atoms with Gasteiger partial charge in [-0.15, -0.1) is 0 Å². The highest BCUT2D eigenvalue weighted by molar-refractivity contribution is 5.80. The van der Waals surface area contributed by atoms with Gasteiger partial charge in [0, 0.05) is 13.2 Å². The van der Waals surface area contributed by atoms with Crippen molar-refractivity contribution in [3.8, 4) is 0 Å². The molecule has 0 radical (unpaired) electrons. The minimum atomic E-state index is -4.38. The van der Waals surface area contributed by atoms with Crippen LogP contribution in [-0.2, 0) is 9.53 Å². The number of hydrogen-bond donors (Lipinski definition) is 0. The summed E-state index contributed by atoms with van der Waals surface area (Å²) >= 11 is 0. The monoisotopic (exact) mass is 227 g/mol. The van der Waals surface area contributed by atoms with Crippen LogP contribution in [0.25, 0.3) is 0 Å². The molecule has 0 N–H and O–H groups in total. The summed E-state index contributed by atoms with van der Waals surface area (Å²) in [5.74, 6) is -0.648. The molecule has 15 heavy (non-hydrogen) atoms. The van der Waals surface area contributed by atoms with Crippen molar-refractivity contribution in [2.75, 3.05) is 13.7 Å². The van der Waals surface area contributed by atoms with Gasteiger partial charge in [0.05, 0.1) is 0 Å². The molecule has 0 saturated heterocycles. The lowest BCUT2D eigenvalue weighted by molar-refractivity contribution is -0.170. The topological polar surface area (TPSA) is 29.5 Å². The maximum atomic E-state index is 12.2. The summed E-state index contributed by atoms with van der Waals surface area (Å²) in [7, 11) is 1.29. The van der Waals surface area contributed by atoms with E-state index in [1.54, 1.807) is 0 Å². The van der Waals surface area contributed by atoms with Crippen LogP contribution in [0.3, 0.4) is 0 Å². The number of ether oxygens (including phenoxy) is 1. The third-order valence-corrected chi connectivity index (χ3v) is 1.96. The lowest BCUT2D eigenvalue weighted by Gasteiger charge is -2.29. The number of methoxy groups -OCH3 is 1. The molecule has 1 amide bonds. The zero-order valence-corrected chi connectivity index (χ0v) is 9.26. The molecule has 90 valence electrons. The lowest BCUT2D eigenvalue weighted by atomic mass is 10.2. The van der Waals surface area contributed by atoms with Crippen LogP contribution in [0.4, 0.5) is 13.2 Å². The fourth-order valence-corrected chi connectivity index (χ4v) is 1.04. The fourth-order valence-electron chi connectivity index (χ4n) is 1.04. The summed E-state index contributed by atoms with van der Waals surface area (Å²) in [4.78, 5) is 12.3. The predicted molar refractivity (Wildman–Crippen MR) is 49.4 cm³/mol. The first-order valence-electron chi connectivity index (χ1n) is 4.59. The molecule has 6 heteroatoms. The van der Waals surface area contributed by atoms with E-state index < -0.39 is 30.8 Å². The Labute approximate surface area is 87.2 Å². The smallest absolute Gasteiger partial charge is 0.372 e. The molecule has 0 aromatic rings. The molecule has 0 rings (SSSR count). The Hall–Kier alpha value is -0.780. The molecule has 0 aromatic carbocycles. The molecule has 0 aromatic heterocycles. The first-order valence-corrected chi connectivity index (χ1v) is 4.59. The molecular formula is C9H16F3NO2. The first kappa shape index (κ1) is 14.2. The highest BCUT2D eigenvalue weighted by Gasteiger charge is 2.35. The molecular weight excluding hydrogens is 211 g/mol. The van der Waals surface area contributed by atoms with E-state index in [1.807, 2.05) is 0 Å². The first-order chi connectivity index (χ1) is 6.69. The van der Waals surface area contributed by atoms with Gasteiger partial charge in [0.2, 0.25) is 0 Å². The molecule has 0 aliphatic carbocycles. The van der Waals surface area contributed by atoms with Gasteiger partial charge in [0.15, 0.2) is 0 Å². The SMILES string of the molecule is COC(C)C(=O)N(CC(F)(F)F)C(C)C. The van der Waals surface area contributed by atoms with Crippen molar-refractivity contribution in [3.05, 3.63) is 0 Å². The van der Waals surface area contributed by atoms with Crippen molar-refractivity contribution in [3.63, 3.8) is 0 Å². The summed E-state index contributed by atoms with van der Waals surface area (Å²) in [6.07, 6.45) is -5.23. The van der Waals surface area contributed by atoms with Crippen LogP contribution in [-0.4, -0.2) is 42.8 Å². The summed E-state index contributed by atoms with van der Waals surface area (Å²) < 4.78 is 41.2. The maximum Gasteiger partial charge on any atom is 0.406 e. The standard InChI is InChI=1S/C9H16F3NO2/c1-6(2)13(5-9(10,11)12)8(14)7(3)15-4/h6-7H,5H2,1-4H3. The van der Waals surface area contributed by atoms with Gasteiger partial charge in [0.25, 0.3) is 5.91 Å². The number of rotatable bonds is 4. The molecule has 0 saturated carbocycles. The quantitative estimate of drug-likeness (QED) is 0.733. The molecule has 1 atom stereocenters. The predicted octanol–water partition coefficient (Wildman–Crippen LogP) is 1.82. The summed E-state index contributed by atoms with van der Waals surface area (Å²) in [6.45, 7) is 3.25. The summed E-state index contributed by atoms with van der Waals surface area (Å²) in [5, 5.41) is 0. The number of carbonyl (C=O) groups excluding carboxylic acids is 1. The second-order valence-corrected chi connectivity index (χ2v) is 3.55. The Morgan fingerprint density at radius 3 is 2.07 bits per heavy atom. The van der Waals surface area contributed by atoms with Crippen LogP contribution < -0.4 is 0 Å². The molecule has 0 spiro atoms. The number of amides is 1. The molecule has 3 nitrogen and oxygen atoms in total. The minimum absolute atomic E-state index is 0.503. The van der Waals surface area contributed by atoms with Gasteiger partial charge in [-0.25, -0.2) is 0 Å². The van der Waals surface area contributed by atoms with Gasteiger partial charge in [-0.3, -0.25) is 4.79 Å². The lowest BCUT2D eigenvalue weighted by Crippen LogP contribution is -2.47. The van der Waals surface area contributed by atoms with Gasteiger partial charge in [-0.1, -0.05) is 0 Å². The van der Waals surface area contributed by atoms with E-state index in [1.165, 1.54) is 27.9 Å². The zero-order valence-electron chi connectivity index (χ0n) is 9.26. The molecule has 0 aliphatic rings. The highest BCUT2D eigenvalue weighted by Crippen LogP contribution is 2.18. The largest absolute Gasteiger partial charge is 0.406 e. The third-order valence-electron chi connectivity index (χ3n) is 1.96. The second kappa shape index (κ2) is 5.34. The van der Waals surface area contributed by atoms with Crippen LogP contribution in [0, 0.1) is 0 Å². The van der Waals surface area contributed by atoms with E-state index in [2.05, 4.69) is 0 Å². The average Bonchev–Trinajstić information content (AvgIpc) is 2.10. The number of hydrogen-bond acceptors (Lipinski definition) is 2. The van der Waals surface area contributed by atoms with Gasteiger partial charge >= 0.3 is 6.18 Å². The molecule has 0 bridgehead atoms. The molecule has 0 aliphatic heterocycles. The van der Waals surface area contributed by atoms with Gasteiger partial charge < -0.3 is 9.64 Å². The van der Waals surface area contributed by atoms with E-state index in [-0.39, 0.29) is 0 Å². The van der Waals surface area contributed by atoms with Crippen LogP contribution in [0.15, 0.2) is 0 Å². The van der Waals surface area contributed by atoms with Crippen LogP contribution in [0.2, 0.25) is 0 Å². The minimum Gasteiger partial charge on any atom is -0.372 e. The zero-order chi connectivity index (χ0) is 12.2. The number of carbonyl (C=O) groups is 1. The fraction of sp³-hybridized carbons (Fsp3) is 0.889. The van der Waals surface area contributed by atoms with E-state index >= 15 is 0 Å². The van der Waals surface area contributed by atoms with E-state index in [9.17, 15) is 18.0 Å². The normalized spacial score (nSPS) is 14.1. The number of nitrogens with zero attached hydrogens (tertiary/aromatic N) is 1. The highest BCUT2D eigenvalue weighted by atomic mass is 19.4. The molecule has 1 unspecified atom stereocenters. The van der Waals surface area contributed by atoms with Crippen molar-refractivity contribution in [1.82, 2.24) is 4.90 Å². The van der Waals surface area contributed by atoms with E-state index in [0.717, 1.165) is 4.90 Å². The van der Waals surface area contributed by atoms with Gasteiger partial charge in [-0.2, -0.15) is 13.2 Å². The van der Waals surface area contributed by atoms with Crippen molar-refractivity contribution in [2.45, 2.75) is 39.1 Å². The van der Waals surface area contributed by atoms with Crippen molar-refractivity contribution < 1.29 is 22.7 Å². The molecule has 0 fully saturated rings. The number of alkyl halides is 3. The third kappa shape index (κ3) is 5.01. The Bertz CT molecular complexity index is 216. The van der Waals surface area contributed by atoms with E-state index in [4.69, 9.17) is 4.74 Å². The molecule has 0 heterocycles. The van der Waals surface area contributed by atoms with Crippen LogP contribution >= 0.6 is 0 Å². The van der Waals surface area contributed by atoms with Crippen molar-refractivity contribution in [2.24, 2.45) is 0 Å². The second-order valence-electron chi connectivity index (χ2n) is 3.55. The Kier molecular flexibility index (Phi) is 5.07. The van der Waals surface area contributed by atoms with Gasteiger partial charge in [-0.05, 0) is 20.8 Å².